The van der Waals surface area contributed by atoms with Gasteiger partial charge in [0.25, 0.3) is 5.91 Å². The van der Waals surface area contributed by atoms with Crippen molar-refractivity contribution in [2.45, 2.75) is 19.9 Å². The molecule has 0 radical (unpaired) electrons. The Hall–Kier alpha value is -2.27. The number of nitrogens with one attached hydrogen (secondary N) is 1. The number of aromatic nitrogens is 2. The maximum Gasteiger partial charge on any atom is 0.251 e. The Morgan fingerprint density at radius 1 is 1.20 bits per heavy atom. The van der Waals surface area contributed by atoms with Gasteiger partial charge in [-0.25, -0.2) is 0 Å². The van der Waals surface area contributed by atoms with Crippen molar-refractivity contribution >= 4 is 5.91 Å². The van der Waals surface area contributed by atoms with E-state index in [1.807, 2.05) is 19.1 Å². The number of amides is 1. The fourth-order valence-corrected chi connectivity index (χ4v) is 1.77. The Kier molecular flexibility index (Phi) is 4.79. The fourth-order valence-electron chi connectivity index (χ4n) is 1.77. The van der Waals surface area contributed by atoms with Crippen LogP contribution in [0.5, 0.6) is 0 Å². The van der Waals surface area contributed by atoms with Gasteiger partial charge in [-0.1, -0.05) is 12.1 Å². The molecule has 5 nitrogen and oxygen atoms in total. The SMILES string of the molecule is Cc1cnc(CNC(=O)c2ccc(CCN)cc2)cn1. The fraction of sp³-hybridized carbons (Fsp3) is 0.267. The van der Waals surface area contributed by atoms with Gasteiger partial charge in [0.1, 0.15) is 0 Å². The van der Waals surface area contributed by atoms with Crippen molar-refractivity contribution in [3.8, 4) is 0 Å². The Labute approximate surface area is 118 Å². The first kappa shape index (κ1) is 14.1. The van der Waals surface area contributed by atoms with Crippen LogP contribution in [0.25, 0.3) is 0 Å². The predicted octanol–water partition coefficient (Wildman–Crippen LogP) is 1.22. The van der Waals surface area contributed by atoms with Crippen molar-refractivity contribution in [3.05, 3.63) is 59.2 Å². The largest absolute Gasteiger partial charge is 0.346 e. The van der Waals surface area contributed by atoms with Crippen LogP contribution in [0.3, 0.4) is 0 Å². The maximum atomic E-state index is 12.0. The molecule has 2 aromatic rings. The summed E-state index contributed by atoms with van der Waals surface area (Å²) in [5, 5.41) is 2.82. The number of rotatable bonds is 5. The highest BCUT2D eigenvalue weighted by molar-refractivity contribution is 5.94. The number of nitrogens with two attached hydrogens (primary N) is 1. The lowest BCUT2D eigenvalue weighted by atomic mass is 10.1. The van der Waals surface area contributed by atoms with Gasteiger partial charge in [-0.05, 0) is 37.6 Å². The van der Waals surface area contributed by atoms with Crippen LogP contribution in [-0.2, 0) is 13.0 Å². The molecule has 20 heavy (non-hydrogen) atoms. The van der Waals surface area contributed by atoms with Crippen LogP contribution in [0.1, 0.15) is 27.3 Å². The van der Waals surface area contributed by atoms with Crippen molar-refractivity contribution in [1.29, 1.82) is 0 Å². The van der Waals surface area contributed by atoms with Crippen molar-refractivity contribution in [2.24, 2.45) is 5.73 Å². The van der Waals surface area contributed by atoms with Gasteiger partial charge in [-0.3, -0.25) is 14.8 Å². The minimum absolute atomic E-state index is 0.119. The lowest BCUT2D eigenvalue weighted by Crippen LogP contribution is -2.23. The molecular weight excluding hydrogens is 252 g/mol. The van der Waals surface area contributed by atoms with Crippen LogP contribution in [0.2, 0.25) is 0 Å². The Bertz CT molecular complexity index is 563. The molecule has 0 saturated carbocycles. The highest BCUT2D eigenvalue weighted by Crippen LogP contribution is 2.05. The summed E-state index contributed by atoms with van der Waals surface area (Å²) in [5.74, 6) is -0.119. The van der Waals surface area contributed by atoms with Gasteiger partial charge in [-0.2, -0.15) is 0 Å². The van der Waals surface area contributed by atoms with Crippen LogP contribution in [0, 0.1) is 6.92 Å². The van der Waals surface area contributed by atoms with Crippen LogP contribution < -0.4 is 11.1 Å². The molecule has 0 aliphatic rings. The third kappa shape index (κ3) is 3.86. The van der Waals surface area contributed by atoms with Crippen LogP contribution in [0.15, 0.2) is 36.7 Å². The predicted molar refractivity (Wildman–Crippen MR) is 77.1 cm³/mol. The quantitative estimate of drug-likeness (QED) is 0.856. The minimum atomic E-state index is -0.119. The zero-order valence-corrected chi connectivity index (χ0v) is 11.5. The van der Waals surface area contributed by atoms with E-state index in [4.69, 9.17) is 5.73 Å². The Morgan fingerprint density at radius 2 is 1.95 bits per heavy atom. The average Bonchev–Trinajstić information content (AvgIpc) is 2.47. The lowest BCUT2D eigenvalue weighted by molar-refractivity contribution is 0.0950. The zero-order chi connectivity index (χ0) is 14.4. The lowest BCUT2D eigenvalue weighted by Gasteiger charge is -2.06. The van der Waals surface area contributed by atoms with E-state index >= 15 is 0 Å². The molecule has 104 valence electrons. The van der Waals surface area contributed by atoms with E-state index in [2.05, 4.69) is 15.3 Å². The molecule has 0 aliphatic heterocycles. The van der Waals surface area contributed by atoms with Crippen LogP contribution >= 0.6 is 0 Å². The summed E-state index contributed by atoms with van der Waals surface area (Å²) in [5.41, 5.74) is 8.85. The molecule has 0 spiro atoms. The highest BCUT2D eigenvalue weighted by Gasteiger charge is 2.05. The van der Waals surface area contributed by atoms with Crippen molar-refractivity contribution < 1.29 is 4.79 Å². The number of carbonyl (C=O) groups excluding carboxylic acids is 1. The highest BCUT2D eigenvalue weighted by atomic mass is 16.1. The third-order valence-electron chi connectivity index (χ3n) is 2.91. The molecule has 0 atom stereocenters. The van der Waals surface area contributed by atoms with E-state index in [0.717, 1.165) is 23.4 Å². The number of benzene rings is 1. The number of nitrogens with zero attached hydrogens (tertiary/aromatic N) is 2. The molecule has 1 aromatic carbocycles. The normalized spacial score (nSPS) is 10.3. The molecular formula is C15H18N4O. The van der Waals surface area contributed by atoms with E-state index in [1.54, 1.807) is 24.5 Å². The minimum Gasteiger partial charge on any atom is -0.346 e. The van der Waals surface area contributed by atoms with Crippen molar-refractivity contribution in [3.63, 3.8) is 0 Å². The molecule has 2 rings (SSSR count). The first-order valence-corrected chi connectivity index (χ1v) is 6.54. The number of aryl methyl sites for hydroxylation is 1. The second kappa shape index (κ2) is 6.77. The number of carbonyl (C=O) groups is 1. The summed E-state index contributed by atoms with van der Waals surface area (Å²) >= 11 is 0. The molecule has 1 amide bonds. The molecule has 0 saturated heterocycles. The van der Waals surface area contributed by atoms with Gasteiger partial charge < -0.3 is 11.1 Å². The maximum absolute atomic E-state index is 12.0. The summed E-state index contributed by atoms with van der Waals surface area (Å²) in [6.45, 7) is 2.85. The Morgan fingerprint density at radius 3 is 2.55 bits per heavy atom. The standard InChI is InChI=1S/C15H18N4O/c1-11-8-18-14(9-17-11)10-19-15(20)13-4-2-12(3-5-13)6-7-16/h2-5,8-9H,6-7,10,16H2,1H3,(H,19,20). The van der Waals surface area contributed by atoms with Gasteiger partial charge in [0.15, 0.2) is 0 Å². The molecule has 1 aromatic heterocycles. The van der Waals surface area contributed by atoms with E-state index < -0.39 is 0 Å². The molecule has 0 aliphatic carbocycles. The second-order valence-corrected chi connectivity index (χ2v) is 4.57. The third-order valence-corrected chi connectivity index (χ3v) is 2.91. The summed E-state index contributed by atoms with van der Waals surface area (Å²) < 4.78 is 0. The molecule has 3 N–H and O–H groups in total. The van der Waals surface area contributed by atoms with Crippen molar-refractivity contribution in [2.75, 3.05) is 6.54 Å². The number of hydrogen-bond acceptors (Lipinski definition) is 4. The van der Waals surface area contributed by atoms with Gasteiger partial charge in [-0.15, -0.1) is 0 Å². The van der Waals surface area contributed by atoms with Gasteiger partial charge in [0, 0.05) is 11.8 Å². The monoisotopic (exact) mass is 270 g/mol. The summed E-state index contributed by atoms with van der Waals surface area (Å²) in [7, 11) is 0. The first-order chi connectivity index (χ1) is 9.69. The second-order valence-electron chi connectivity index (χ2n) is 4.57. The summed E-state index contributed by atoms with van der Waals surface area (Å²) in [6, 6.07) is 7.46. The van der Waals surface area contributed by atoms with E-state index in [1.165, 1.54) is 0 Å². The molecule has 0 unspecified atom stereocenters. The van der Waals surface area contributed by atoms with Gasteiger partial charge in [0.05, 0.1) is 24.1 Å². The van der Waals surface area contributed by atoms with Gasteiger partial charge in [0.2, 0.25) is 0 Å². The smallest absolute Gasteiger partial charge is 0.251 e. The topological polar surface area (TPSA) is 80.9 Å². The summed E-state index contributed by atoms with van der Waals surface area (Å²) in [6.07, 6.45) is 4.17. The molecule has 1 heterocycles. The molecule has 5 heteroatoms. The van der Waals surface area contributed by atoms with E-state index in [0.29, 0.717) is 18.7 Å². The summed E-state index contributed by atoms with van der Waals surface area (Å²) in [4.78, 5) is 20.3. The van der Waals surface area contributed by atoms with Crippen molar-refractivity contribution in [1.82, 2.24) is 15.3 Å². The van der Waals surface area contributed by atoms with Crippen LogP contribution in [0.4, 0.5) is 0 Å². The Balaban J connectivity index is 1.92. The van der Waals surface area contributed by atoms with E-state index in [-0.39, 0.29) is 5.91 Å². The molecule has 0 bridgehead atoms. The average molecular weight is 270 g/mol. The molecule has 0 fully saturated rings. The van der Waals surface area contributed by atoms with E-state index in [9.17, 15) is 4.79 Å². The van der Waals surface area contributed by atoms with Crippen LogP contribution in [-0.4, -0.2) is 22.4 Å². The number of hydrogen-bond donors (Lipinski definition) is 2. The van der Waals surface area contributed by atoms with Gasteiger partial charge >= 0.3 is 0 Å². The first-order valence-electron chi connectivity index (χ1n) is 6.54. The zero-order valence-electron chi connectivity index (χ0n) is 11.5.